The molecule has 2 aliphatic rings. The van der Waals surface area contributed by atoms with E-state index in [0.717, 1.165) is 37.3 Å². The zero-order valence-corrected chi connectivity index (χ0v) is 17.6. The second-order valence-corrected chi connectivity index (χ2v) is 8.56. The topological polar surface area (TPSA) is 78.7 Å². The highest BCUT2D eigenvalue weighted by molar-refractivity contribution is 5.76. The van der Waals surface area contributed by atoms with Crippen LogP contribution in [-0.4, -0.2) is 63.8 Å². The molecule has 1 aromatic heterocycles. The Kier molecular flexibility index (Phi) is 7.06. The molecule has 8 heteroatoms. The molecule has 1 fully saturated rings. The van der Waals surface area contributed by atoms with Crippen LogP contribution in [0.15, 0.2) is 0 Å². The fraction of sp³-hybridized carbons (Fsp3) is 0.850. The summed E-state index contributed by atoms with van der Waals surface area (Å²) in [7, 11) is 0. The van der Waals surface area contributed by atoms with E-state index in [2.05, 4.69) is 24.2 Å². The van der Waals surface area contributed by atoms with Crippen LogP contribution in [0.3, 0.4) is 0 Å². The Morgan fingerprint density at radius 2 is 1.96 bits per heavy atom. The Bertz CT molecular complexity index is 651. The maximum atomic E-state index is 12.3. The molecule has 0 atom stereocenters. The Balaban J connectivity index is 1.49. The van der Waals surface area contributed by atoms with E-state index in [1.165, 1.54) is 0 Å². The lowest BCUT2D eigenvalue weighted by Crippen LogP contribution is -2.52. The van der Waals surface area contributed by atoms with Crippen LogP contribution in [-0.2, 0) is 38.8 Å². The van der Waals surface area contributed by atoms with Crippen molar-refractivity contribution >= 4 is 5.91 Å². The summed E-state index contributed by atoms with van der Waals surface area (Å²) in [6.45, 7) is 12.4. The number of carbonyl (C=O) groups excluding carboxylic acids is 1. The molecule has 3 rings (SSSR count). The number of nitrogens with zero attached hydrogens (tertiary/aromatic N) is 4. The lowest BCUT2D eigenvalue weighted by molar-refractivity contribution is -0.146. The third-order valence-electron chi connectivity index (χ3n) is 5.40. The smallest absolute Gasteiger partial charge is 0.222 e. The molecular formula is C20H34N4O4. The predicted molar refractivity (Wildman–Crippen MR) is 104 cm³/mol. The van der Waals surface area contributed by atoms with Gasteiger partial charge in [-0.15, -0.1) is 5.10 Å². The molecule has 1 amide bonds. The van der Waals surface area contributed by atoms with Crippen molar-refractivity contribution in [3.05, 3.63) is 11.4 Å². The maximum absolute atomic E-state index is 12.3. The molecule has 0 bridgehead atoms. The summed E-state index contributed by atoms with van der Waals surface area (Å²) >= 11 is 0. The van der Waals surface area contributed by atoms with Gasteiger partial charge >= 0.3 is 0 Å². The second-order valence-electron chi connectivity index (χ2n) is 8.56. The lowest BCUT2D eigenvalue weighted by atomic mass is 9.89. The molecule has 158 valence electrons. The molecule has 0 unspecified atom stereocenters. The van der Waals surface area contributed by atoms with Gasteiger partial charge in [0.1, 0.15) is 5.69 Å². The summed E-state index contributed by atoms with van der Waals surface area (Å²) in [5, 5.41) is 8.61. The normalized spacial score (nSPS) is 18.9. The molecule has 0 aromatic carbocycles. The van der Waals surface area contributed by atoms with Gasteiger partial charge in [0.05, 0.1) is 50.4 Å². The molecule has 0 saturated carbocycles. The van der Waals surface area contributed by atoms with Gasteiger partial charge in [0, 0.05) is 19.5 Å². The van der Waals surface area contributed by atoms with Crippen molar-refractivity contribution in [2.75, 3.05) is 26.3 Å². The first-order valence-corrected chi connectivity index (χ1v) is 10.4. The molecule has 28 heavy (non-hydrogen) atoms. The van der Waals surface area contributed by atoms with Crippen LogP contribution in [0.4, 0.5) is 0 Å². The van der Waals surface area contributed by atoms with Gasteiger partial charge in [-0.1, -0.05) is 19.1 Å². The number of amides is 1. The molecule has 1 aromatic rings. The number of hydrogen-bond acceptors (Lipinski definition) is 6. The van der Waals surface area contributed by atoms with Gasteiger partial charge in [-0.05, 0) is 32.6 Å². The summed E-state index contributed by atoms with van der Waals surface area (Å²) < 4.78 is 19.4. The van der Waals surface area contributed by atoms with Crippen molar-refractivity contribution in [2.24, 2.45) is 5.92 Å². The SMILES string of the molecule is CC(C)CC(=O)N1CCC2(CC1)Cn1nnc(COCCOC(C)C)c1CO2. The number of aromatic nitrogens is 3. The van der Waals surface area contributed by atoms with Gasteiger partial charge in [0.25, 0.3) is 0 Å². The first-order chi connectivity index (χ1) is 13.4. The van der Waals surface area contributed by atoms with Crippen molar-refractivity contribution in [1.82, 2.24) is 19.9 Å². The minimum absolute atomic E-state index is 0.210. The monoisotopic (exact) mass is 394 g/mol. The predicted octanol–water partition coefficient (Wildman–Crippen LogP) is 2.16. The summed E-state index contributed by atoms with van der Waals surface area (Å²) in [6.07, 6.45) is 2.51. The van der Waals surface area contributed by atoms with E-state index in [-0.39, 0.29) is 17.6 Å². The molecule has 0 aliphatic carbocycles. The second kappa shape index (κ2) is 9.33. The van der Waals surface area contributed by atoms with Gasteiger partial charge in [0.2, 0.25) is 5.91 Å². The quantitative estimate of drug-likeness (QED) is 0.629. The lowest BCUT2D eigenvalue weighted by Gasteiger charge is -2.43. The summed E-state index contributed by atoms with van der Waals surface area (Å²) in [6, 6.07) is 0. The largest absolute Gasteiger partial charge is 0.376 e. The first-order valence-electron chi connectivity index (χ1n) is 10.4. The van der Waals surface area contributed by atoms with E-state index in [4.69, 9.17) is 14.2 Å². The maximum Gasteiger partial charge on any atom is 0.222 e. The standard InChI is InChI=1S/C20H34N4O4/c1-15(2)11-19(25)23-7-5-20(6-8-23)14-24-18(13-28-20)17(21-22-24)12-26-9-10-27-16(3)4/h15-16H,5-14H2,1-4H3. The van der Waals surface area contributed by atoms with Crippen LogP contribution in [0.5, 0.6) is 0 Å². The fourth-order valence-corrected chi connectivity index (χ4v) is 3.76. The average Bonchev–Trinajstić information content (AvgIpc) is 3.03. The van der Waals surface area contributed by atoms with Crippen LogP contribution in [0.2, 0.25) is 0 Å². The zero-order valence-electron chi connectivity index (χ0n) is 17.6. The fourth-order valence-electron chi connectivity index (χ4n) is 3.76. The summed E-state index contributed by atoms with van der Waals surface area (Å²) in [5.74, 6) is 0.646. The van der Waals surface area contributed by atoms with E-state index in [9.17, 15) is 4.79 Å². The average molecular weight is 395 g/mol. The van der Waals surface area contributed by atoms with E-state index in [1.807, 2.05) is 23.4 Å². The van der Waals surface area contributed by atoms with Crippen molar-refractivity contribution in [2.45, 2.75) is 78.4 Å². The molecule has 1 spiro atoms. The Morgan fingerprint density at radius 3 is 2.64 bits per heavy atom. The van der Waals surface area contributed by atoms with Crippen molar-refractivity contribution in [3.8, 4) is 0 Å². The van der Waals surface area contributed by atoms with Crippen LogP contribution < -0.4 is 0 Å². The third-order valence-corrected chi connectivity index (χ3v) is 5.40. The van der Waals surface area contributed by atoms with Gasteiger partial charge < -0.3 is 19.1 Å². The van der Waals surface area contributed by atoms with Gasteiger partial charge in [0.15, 0.2) is 0 Å². The summed E-state index contributed by atoms with van der Waals surface area (Å²) in [5.41, 5.74) is 1.59. The van der Waals surface area contributed by atoms with Crippen molar-refractivity contribution in [1.29, 1.82) is 0 Å². The molecule has 8 nitrogen and oxygen atoms in total. The molecule has 1 saturated heterocycles. The molecular weight excluding hydrogens is 360 g/mol. The molecule has 2 aliphatic heterocycles. The number of fused-ring (bicyclic) bond motifs is 1. The number of likely N-dealkylation sites (tertiary alicyclic amines) is 1. The minimum Gasteiger partial charge on any atom is -0.376 e. The van der Waals surface area contributed by atoms with Gasteiger partial charge in [-0.25, -0.2) is 4.68 Å². The van der Waals surface area contributed by atoms with Crippen molar-refractivity contribution < 1.29 is 19.0 Å². The highest BCUT2D eigenvalue weighted by atomic mass is 16.5. The molecule has 0 radical (unpaired) electrons. The summed E-state index contributed by atoms with van der Waals surface area (Å²) in [4.78, 5) is 14.3. The third kappa shape index (κ3) is 5.30. The number of rotatable bonds is 8. The van der Waals surface area contributed by atoms with E-state index >= 15 is 0 Å². The number of carbonyl (C=O) groups is 1. The van der Waals surface area contributed by atoms with E-state index in [0.29, 0.717) is 45.3 Å². The minimum atomic E-state index is -0.238. The van der Waals surface area contributed by atoms with Crippen LogP contribution in [0, 0.1) is 5.92 Å². The van der Waals surface area contributed by atoms with E-state index < -0.39 is 0 Å². The van der Waals surface area contributed by atoms with Crippen LogP contribution in [0.1, 0.15) is 58.3 Å². The van der Waals surface area contributed by atoms with Crippen LogP contribution in [0.25, 0.3) is 0 Å². The number of hydrogen-bond donors (Lipinski definition) is 0. The van der Waals surface area contributed by atoms with Crippen molar-refractivity contribution in [3.63, 3.8) is 0 Å². The Hall–Kier alpha value is -1.51. The Morgan fingerprint density at radius 1 is 1.21 bits per heavy atom. The van der Waals surface area contributed by atoms with Gasteiger partial charge in [-0.2, -0.15) is 0 Å². The van der Waals surface area contributed by atoms with E-state index in [1.54, 1.807) is 0 Å². The highest BCUT2D eigenvalue weighted by Crippen LogP contribution is 2.33. The zero-order chi connectivity index (χ0) is 20.1. The Labute approximate surface area is 167 Å². The molecule has 0 N–H and O–H groups in total. The van der Waals surface area contributed by atoms with Crippen LogP contribution >= 0.6 is 0 Å². The first kappa shape index (κ1) is 21.2. The number of ether oxygens (including phenoxy) is 3. The highest BCUT2D eigenvalue weighted by Gasteiger charge is 2.41. The molecule has 3 heterocycles. The van der Waals surface area contributed by atoms with Gasteiger partial charge in [-0.3, -0.25) is 4.79 Å². The number of piperidine rings is 1.